The van der Waals surface area contributed by atoms with E-state index in [1.807, 2.05) is 0 Å². The molecule has 0 spiro atoms. The van der Waals surface area contributed by atoms with Crippen molar-refractivity contribution in [2.75, 3.05) is 7.05 Å². The maximum Gasteiger partial charge on any atom is 0.471 e. The van der Waals surface area contributed by atoms with Crippen LogP contribution >= 0.6 is 22.7 Å². The summed E-state index contributed by atoms with van der Waals surface area (Å²) in [5.41, 5.74) is 9.16. The Balaban J connectivity index is 0.000000204. The standard InChI is InChI=1S/C16H11F3N4O3S.C14H8F3N5O3S/c1-23(14(25)11-3-2-8-27-11)21-13(24)10-6-4-9(5-7-10)12-20-15(26-22-12)16(17,18)19;15-14(16,17)13-19-10(22-25-13)7-1-3-8(4-2-7)11(23)20-21-12(24)9-5-18-6-26-9/h2-8H,1H3,(H,21,24);1-6H,(H,20,23)(H,21,24). The van der Waals surface area contributed by atoms with Crippen LogP contribution in [0.25, 0.3) is 22.8 Å². The second kappa shape index (κ2) is 15.8. The average molecular weight is 780 g/mol. The van der Waals surface area contributed by atoms with Crippen molar-refractivity contribution < 1.29 is 54.6 Å². The molecule has 23 heteroatoms. The van der Waals surface area contributed by atoms with Crippen molar-refractivity contribution in [3.63, 3.8) is 0 Å². The van der Waals surface area contributed by atoms with E-state index in [0.29, 0.717) is 9.75 Å². The first-order chi connectivity index (χ1) is 25.1. The van der Waals surface area contributed by atoms with Gasteiger partial charge in [-0.1, -0.05) is 40.6 Å². The summed E-state index contributed by atoms with van der Waals surface area (Å²) in [6.45, 7) is 0. The summed E-state index contributed by atoms with van der Waals surface area (Å²) in [5, 5.41) is 9.31. The minimum Gasteiger partial charge on any atom is -0.329 e. The number of nitrogens with one attached hydrogen (secondary N) is 3. The van der Waals surface area contributed by atoms with Gasteiger partial charge in [0.05, 0.1) is 16.6 Å². The second-order valence-corrected chi connectivity index (χ2v) is 11.9. The zero-order valence-corrected chi connectivity index (χ0v) is 27.9. The van der Waals surface area contributed by atoms with Gasteiger partial charge in [0.15, 0.2) is 0 Å². The lowest BCUT2D eigenvalue weighted by molar-refractivity contribution is -0.160. The number of thiophene rings is 1. The first-order valence-electron chi connectivity index (χ1n) is 14.2. The third-order valence-electron chi connectivity index (χ3n) is 6.40. The van der Waals surface area contributed by atoms with E-state index in [9.17, 15) is 45.5 Å². The lowest BCUT2D eigenvalue weighted by Crippen LogP contribution is -2.43. The van der Waals surface area contributed by atoms with Crippen LogP contribution in [0.2, 0.25) is 0 Å². The number of aromatic nitrogens is 5. The van der Waals surface area contributed by atoms with Gasteiger partial charge in [-0.05, 0) is 35.7 Å². The van der Waals surface area contributed by atoms with Crippen LogP contribution in [0.5, 0.6) is 0 Å². The molecule has 0 aliphatic heterocycles. The van der Waals surface area contributed by atoms with Gasteiger partial charge in [-0.2, -0.15) is 36.3 Å². The van der Waals surface area contributed by atoms with Gasteiger partial charge in [-0.3, -0.25) is 45.4 Å². The topological polar surface area (TPSA) is 198 Å². The monoisotopic (exact) mass is 779 g/mol. The molecule has 0 unspecified atom stereocenters. The van der Waals surface area contributed by atoms with Crippen molar-refractivity contribution in [3.05, 3.63) is 110 Å². The Kier molecular flexibility index (Phi) is 11.3. The lowest BCUT2D eigenvalue weighted by Gasteiger charge is -2.17. The molecule has 4 amide bonds. The van der Waals surface area contributed by atoms with Crippen molar-refractivity contribution in [3.8, 4) is 22.8 Å². The molecule has 4 heterocycles. The van der Waals surface area contributed by atoms with Gasteiger partial charge in [0.1, 0.15) is 4.88 Å². The summed E-state index contributed by atoms with van der Waals surface area (Å²) in [4.78, 5) is 59.0. The number of amides is 4. The van der Waals surface area contributed by atoms with E-state index in [-0.39, 0.29) is 39.8 Å². The molecule has 0 atom stereocenters. The highest BCUT2D eigenvalue weighted by molar-refractivity contribution is 7.12. The van der Waals surface area contributed by atoms with E-state index in [2.05, 4.69) is 50.6 Å². The van der Waals surface area contributed by atoms with Gasteiger partial charge in [0, 0.05) is 29.3 Å². The fourth-order valence-corrected chi connectivity index (χ4v) is 5.08. The number of halogens is 6. The van der Waals surface area contributed by atoms with Crippen LogP contribution < -0.4 is 16.3 Å². The number of hydrazine groups is 2. The fourth-order valence-electron chi connectivity index (χ4n) is 3.86. The molecule has 4 aromatic heterocycles. The Morgan fingerprint density at radius 1 is 0.679 bits per heavy atom. The van der Waals surface area contributed by atoms with E-state index >= 15 is 0 Å². The Hall–Kier alpha value is -6.49. The van der Waals surface area contributed by atoms with Crippen LogP contribution in [-0.4, -0.2) is 61.0 Å². The lowest BCUT2D eigenvalue weighted by atomic mass is 10.1. The van der Waals surface area contributed by atoms with Gasteiger partial charge < -0.3 is 9.05 Å². The van der Waals surface area contributed by atoms with E-state index in [1.165, 1.54) is 78.6 Å². The van der Waals surface area contributed by atoms with Crippen molar-refractivity contribution in [1.29, 1.82) is 0 Å². The Labute approximate surface area is 299 Å². The predicted molar refractivity (Wildman–Crippen MR) is 170 cm³/mol. The first-order valence-corrected chi connectivity index (χ1v) is 16.0. The number of alkyl halides is 6. The molecule has 0 aliphatic rings. The minimum absolute atomic E-state index is 0.165. The van der Waals surface area contributed by atoms with Crippen LogP contribution in [0.1, 0.15) is 51.8 Å². The van der Waals surface area contributed by atoms with Gasteiger partial charge in [0.2, 0.25) is 11.6 Å². The van der Waals surface area contributed by atoms with Gasteiger partial charge in [-0.25, -0.2) is 0 Å². The highest BCUT2D eigenvalue weighted by Crippen LogP contribution is 2.30. The largest absolute Gasteiger partial charge is 0.471 e. The van der Waals surface area contributed by atoms with Gasteiger partial charge >= 0.3 is 24.1 Å². The van der Waals surface area contributed by atoms with Crippen LogP contribution in [0, 0.1) is 0 Å². The van der Waals surface area contributed by atoms with Crippen LogP contribution in [0.15, 0.2) is 86.8 Å². The first kappa shape index (κ1) is 37.8. The van der Waals surface area contributed by atoms with Gasteiger partial charge in [-0.15, -0.1) is 22.7 Å². The summed E-state index contributed by atoms with van der Waals surface area (Å²) in [6, 6.07) is 14.2. The molecule has 0 saturated carbocycles. The maximum absolute atomic E-state index is 12.5. The number of hydrogen-bond donors (Lipinski definition) is 3. The zero-order chi connectivity index (χ0) is 38.3. The highest BCUT2D eigenvalue weighted by Gasteiger charge is 2.39. The molecule has 0 bridgehead atoms. The van der Waals surface area contributed by atoms with Crippen molar-refractivity contribution >= 4 is 46.3 Å². The molecule has 0 saturated heterocycles. The zero-order valence-electron chi connectivity index (χ0n) is 26.2. The molecule has 0 aliphatic carbocycles. The predicted octanol–water partition coefficient (Wildman–Crippen LogP) is 5.52. The number of nitrogens with zero attached hydrogens (tertiary/aromatic N) is 6. The van der Waals surface area contributed by atoms with Crippen LogP contribution in [0.3, 0.4) is 0 Å². The number of thiazole rings is 1. The Morgan fingerprint density at radius 3 is 1.62 bits per heavy atom. The third-order valence-corrected chi connectivity index (χ3v) is 8.03. The smallest absolute Gasteiger partial charge is 0.329 e. The van der Waals surface area contributed by atoms with E-state index in [4.69, 9.17) is 0 Å². The molecule has 0 radical (unpaired) electrons. The van der Waals surface area contributed by atoms with Crippen LogP contribution in [-0.2, 0) is 12.4 Å². The summed E-state index contributed by atoms with van der Waals surface area (Å²) >= 11 is 2.34. The molecule has 2 aromatic carbocycles. The molecule has 274 valence electrons. The van der Waals surface area contributed by atoms with E-state index in [1.54, 1.807) is 17.5 Å². The number of rotatable bonds is 6. The van der Waals surface area contributed by atoms with E-state index in [0.717, 1.165) is 16.3 Å². The van der Waals surface area contributed by atoms with Gasteiger partial charge in [0.25, 0.3) is 23.6 Å². The van der Waals surface area contributed by atoms with Crippen LogP contribution in [0.4, 0.5) is 26.3 Å². The minimum atomic E-state index is -4.73. The van der Waals surface area contributed by atoms with Crippen molar-refractivity contribution in [2.24, 2.45) is 0 Å². The van der Waals surface area contributed by atoms with Crippen molar-refractivity contribution in [2.45, 2.75) is 12.4 Å². The maximum atomic E-state index is 12.5. The normalized spacial score (nSPS) is 11.2. The molecular formula is C30H19F6N9O6S2. The Bertz CT molecular complexity index is 2190. The highest BCUT2D eigenvalue weighted by atomic mass is 32.1. The fraction of sp³-hybridized carbons (Fsp3) is 0.100. The molecule has 0 fully saturated rings. The molecule has 15 nitrogen and oxygen atoms in total. The third kappa shape index (κ3) is 9.65. The average Bonchev–Trinajstić information content (AvgIpc) is 3.97. The molecule has 53 heavy (non-hydrogen) atoms. The summed E-state index contributed by atoms with van der Waals surface area (Å²) in [5.74, 6) is -5.49. The molecule has 6 aromatic rings. The second-order valence-electron chi connectivity index (χ2n) is 10.1. The van der Waals surface area contributed by atoms with E-state index < -0.39 is 41.9 Å². The molecule has 6 rings (SSSR count). The number of carbonyl (C=O) groups excluding carboxylic acids is 4. The number of hydrogen-bond acceptors (Lipinski definition) is 13. The quantitative estimate of drug-likeness (QED) is 0.142. The Morgan fingerprint density at radius 2 is 1.19 bits per heavy atom. The molecular weight excluding hydrogens is 761 g/mol. The summed E-state index contributed by atoms with van der Waals surface area (Å²) in [7, 11) is 1.41. The number of benzene rings is 2. The summed E-state index contributed by atoms with van der Waals surface area (Å²) in [6.07, 6.45) is -8.12. The molecule has 3 N–H and O–H groups in total. The number of carbonyl (C=O) groups is 4. The SMILES string of the molecule is CN(NC(=O)c1ccc(-c2noc(C(F)(F)F)n2)cc1)C(=O)c1cccs1.O=C(NNC(=O)c1cncs1)c1ccc(-c2noc(C(F)(F)F)n2)cc1. The summed E-state index contributed by atoms with van der Waals surface area (Å²) < 4.78 is 83.2. The van der Waals surface area contributed by atoms with Crippen molar-refractivity contribution in [1.82, 2.24) is 46.6 Å².